The summed E-state index contributed by atoms with van der Waals surface area (Å²) in [5.74, 6) is 2.10. The summed E-state index contributed by atoms with van der Waals surface area (Å²) in [6, 6.07) is 8.77. The number of fused-ring (bicyclic) bond motifs is 3. The number of hydrogen-bond acceptors (Lipinski definition) is 3. The molecule has 2 nitrogen and oxygen atoms in total. The number of para-hydroxylation sites is 1. The van der Waals surface area contributed by atoms with Gasteiger partial charge in [-0.2, -0.15) is 0 Å². The summed E-state index contributed by atoms with van der Waals surface area (Å²) in [5, 5.41) is 1.28. The van der Waals surface area contributed by atoms with E-state index in [1.165, 1.54) is 29.0 Å². The molecule has 4 atom stereocenters. The molecule has 2 aliphatic rings. The molecule has 0 spiro atoms. The molecule has 2 saturated carbocycles. The molecule has 1 heterocycles. The van der Waals surface area contributed by atoms with Crippen LogP contribution in [0.25, 0.3) is 10.2 Å². The smallest absolute Gasteiger partial charge is 0.0987 e. The van der Waals surface area contributed by atoms with Crippen LogP contribution < -0.4 is 5.73 Å². The van der Waals surface area contributed by atoms with Gasteiger partial charge in [-0.1, -0.05) is 12.1 Å². The first kappa shape index (κ1) is 10.0. The molecule has 0 radical (unpaired) electrons. The quantitative estimate of drug-likeness (QED) is 0.837. The highest BCUT2D eigenvalue weighted by molar-refractivity contribution is 7.18. The molecule has 2 N–H and O–H groups in total. The molecule has 4 unspecified atom stereocenters. The average Bonchev–Trinajstić information content (AvgIpc) is 3.00. The largest absolute Gasteiger partial charge is 0.327 e. The molecule has 3 heteroatoms. The maximum Gasteiger partial charge on any atom is 0.0987 e. The number of thiazole rings is 1. The summed E-state index contributed by atoms with van der Waals surface area (Å²) >= 11 is 1.85. The lowest BCUT2D eigenvalue weighted by atomic mass is 9.85. The van der Waals surface area contributed by atoms with Gasteiger partial charge in [0, 0.05) is 12.0 Å². The van der Waals surface area contributed by atoms with Crippen LogP contribution in [0.1, 0.15) is 30.2 Å². The van der Waals surface area contributed by atoms with Gasteiger partial charge >= 0.3 is 0 Å². The zero-order valence-corrected chi connectivity index (χ0v) is 10.5. The van der Waals surface area contributed by atoms with E-state index in [2.05, 4.69) is 24.3 Å². The van der Waals surface area contributed by atoms with E-state index in [9.17, 15) is 0 Å². The van der Waals surface area contributed by atoms with E-state index in [0.29, 0.717) is 12.0 Å². The van der Waals surface area contributed by atoms with Crippen molar-refractivity contribution >= 4 is 21.6 Å². The third-order valence-electron chi connectivity index (χ3n) is 4.58. The summed E-state index contributed by atoms with van der Waals surface area (Å²) in [6.07, 6.45) is 4.04. The molecular weight excluding hydrogens is 228 g/mol. The highest BCUT2D eigenvalue weighted by Crippen LogP contribution is 2.53. The summed E-state index contributed by atoms with van der Waals surface area (Å²) in [4.78, 5) is 4.80. The monoisotopic (exact) mass is 244 g/mol. The third-order valence-corrected chi connectivity index (χ3v) is 5.71. The van der Waals surface area contributed by atoms with E-state index in [-0.39, 0.29) is 0 Å². The van der Waals surface area contributed by atoms with Crippen LogP contribution in [0, 0.1) is 11.8 Å². The van der Waals surface area contributed by atoms with Gasteiger partial charge in [0.05, 0.1) is 15.2 Å². The van der Waals surface area contributed by atoms with Gasteiger partial charge in [-0.3, -0.25) is 0 Å². The lowest BCUT2D eigenvalue weighted by Gasteiger charge is -2.26. The van der Waals surface area contributed by atoms with Crippen molar-refractivity contribution in [3.8, 4) is 0 Å². The Morgan fingerprint density at radius 1 is 1.18 bits per heavy atom. The highest BCUT2D eigenvalue weighted by atomic mass is 32.1. The normalized spacial score (nSPS) is 35.8. The van der Waals surface area contributed by atoms with E-state index in [1.54, 1.807) is 0 Å². The molecule has 88 valence electrons. The van der Waals surface area contributed by atoms with Gasteiger partial charge in [0.15, 0.2) is 0 Å². The van der Waals surface area contributed by atoms with Crippen LogP contribution in [0.3, 0.4) is 0 Å². The Bertz CT molecular complexity index is 527. The number of benzene rings is 1. The second kappa shape index (κ2) is 3.53. The fourth-order valence-corrected chi connectivity index (χ4v) is 4.95. The van der Waals surface area contributed by atoms with Crippen LogP contribution in [0.5, 0.6) is 0 Å². The van der Waals surface area contributed by atoms with Gasteiger partial charge < -0.3 is 5.73 Å². The van der Waals surface area contributed by atoms with Gasteiger partial charge in [-0.25, -0.2) is 4.98 Å². The van der Waals surface area contributed by atoms with Gasteiger partial charge in [0.2, 0.25) is 0 Å². The van der Waals surface area contributed by atoms with Crippen LogP contribution in [-0.2, 0) is 0 Å². The molecule has 1 aromatic heterocycles. The predicted octanol–water partition coefficient (Wildman–Crippen LogP) is 3.14. The van der Waals surface area contributed by atoms with E-state index in [4.69, 9.17) is 10.7 Å². The fourth-order valence-electron chi connectivity index (χ4n) is 3.73. The Kier molecular flexibility index (Phi) is 2.08. The van der Waals surface area contributed by atoms with Crippen molar-refractivity contribution in [3.63, 3.8) is 0 Å². The van der Waals surface area contributed by atoms with Crippen LogP contribution in [0.4, 0.5) is 0 Å². The van der Waals surface area contributed by atoms with Gasteiger partial charge in [-0.05, 0) is 43.2 Å². The van der Waals surface area contributed by atoms with Crippen molar-refractivity contribution in [3.05, 3.63) is 29.3 Å². The lowest BCUT2D eigenvalue weighted by molar-refractivity contribution is 0.365. The fraction of sp³-hybridized carbons (Fsp3) is 0.500. The average molecular weight is 244 g/mol. The zero-order chi connectivity index (χ0) is 11.4. The molecule has 1 aromatic carbocycles. The molecule has 2 aliphatic carbocycles. The Labute approximate surface area is 105 Å². The maximum atomic E-state index is 6.38. The summed E-state index contributed by atoms with van der Waals surface area (Å²) < 4.78 is 1.30. The number of hydrogen-bond donors (Lipinski definition) is 1. The second-order valence-corrected chi connectivity index (χ2v) is 6.52. The summed E-state index contributed by atoms with van der Waals surface area (Å²) in [6.45, 7) is 0. The van der Waals surface area contributed by atoms with E-state index < -0.39 is 0 Å². The highest BCUT2D eigenvalue weighted by Gasteiger charge is 2.47. The topological polar surface area (TPSA) is 38.9 Å². The van der Waals surface area contributed by atoms with Crippen molar-refractivity contribution in [2.24, 2.45) is 17.6 Å². The molecular formula is C14H16N2S. The van der Waals surface area contributed by atoms with Gasteiger partial charge in [0.25, 0.3) is 0 Å². The van der Waals surface area contributed by atoms with Crippen LogP contribution >= 0.6 is 11.3 Å². The Hall–Kier alpha value is -0.930. The number of nitrogens with two attached hydrogens (primary N) is 1. The molecule has 4 rings (SSSR count). The van der Waals surface area contributed by atoms with Crippen molar-refractivity contribution in [1.82, 2.24) is 4.98 Å². The predicted molar refractivity (Wildman–Crippen MR) is 71.2 cm³/mol. The molecule has 2 fully saturated rings. The molecule has 2 aromatic rings. The standard InChI is InChI=1S/C14H16N2S/c15-13-9-6-5-8(7-9)12(13)14-16-10-3-1-2-4-11(10)17-14/h1-4,8-9,12-13H,5-7,15H2. The minimum atomic E-state index is 0.356. The van der Waals surface area contributed by atoms with Crippen molar-refractivity contribution in [2.75, 3.05) is 0 Å². The SMILES string of the molecule is NC1C2CCC(C2)C1c1nc2ccccc2s1. The Balaban J connectivity index is 1.79. The van der Waals surface area contributed by atoms with Crippen molar-refractivity contribution < 1.29 is 0 Å². The van der Waals surface area contributed by atoms with E-state index >= 15 is 0 Å². The number of rotatable bonds is 1. The Morgan fingerprint density at radius 3 is 2.76 bits per heavy atom. The molecule has 0 aliphatic heterocycles. The Morgan fingerprint density at radius 2 is 2.00 bits per heavy atom. The second-order valence-electron chi connectivity index (χ2n) is 5.46. The van der Waals surface area contributed by atoms with E-state index in [0.717, 1.165) is 17.4 Å². The minimum absolute atomic E-state index is 0.356. The minimum Gasteiger partial charge on any atom is -0.327 e. The molecule has 0 saturated heterocycles. The van der Waals surface area contributed by atoms with Crippen molar-refractivity contribution in [2.45, 2.75) is 31.2 Å². The van der Waals surface area contributed by atoms with E-state index in [1.807, 2.05) is 11.3 Å². The van der Waals surface area contributed by atoms with Crippen LogP contribution in [0.15, 0.2) is 24.3 Å². The van der Waals surface area contributed by atoms with Gasteiger partial charge in [0.1, 0.15) is 0 Å². The van der Waals surface area contributed by atoms with Crippen LogP contribution in [-0.4, -0.2) is 11.0 Å². The first-order valence-electron chi connectivity index (χ1n) is 6.44. The summed E-state index contributed by atoms with van der Waals surface area (Å²) in [7, 11) is 0. The molecule has 17 heavy (non-hydrogen) atoms. The molecule has 2 bridgehead atoms. The maximum absolute atomic E-state index is 6.38. The van der Waals surface area contributed by atoms with Crippen LogP contribution in [0.2, 0.25) is 0 Å². The zero-order valence-electron chi connectivity index (χ0n) is 9.67. The first-order valence-corrected chi connectivity index (χ1v) is 7.25. The molecule has 0 amide bonds. The first-order chi connectivity index (χ1) is 8.33. The lowest BCUT2D eigenvalue weighted by Crippen LogP contribution is -2.33. The number of nitrogens with zero attached hydrogens (tertiary/aromatic N) is 1. The van der Waals surface area contributed by atoms with Crippen molar-refractivity contribution in [1.29, 1.82) is 0 Å². The third kappa shape index (κ3) is 1.39. The number of aromatic nitrogens is 1. The summed E-state index contributed by atoms with van der Waals surface area (Å²) in [5.41, 5.74) is 7.53. The van der Waals surface area contributed by atoms with Gasteiger partial charge in [-0.15, -0.1) is 11.3 Å².